The zero-order valence-electron chi connectivity index (χ0n) is 19.9. The summed E-state index contributed by atoms with van der Waals surface area (Å²) in [6.07, 6.45) is 7.75. The number of allylic oxidation sites excluding steroid dienone is 3. The summed E-state index contributed by atoms with van der Waals surface area (Å²) in [5, 5.41) is 0. The number of hydrogen-bond donors (Lipinski definition) is 0. The molecule has 0 spiro atoms. The number of nitrogens with zero attached hydrogens (tertiary/aromatic N) is 2. The van der Waals surface area contributed by atoms with E-state index in [1.165, 1.54) is 5.56 Å². The highest BCUT2D eigenvalue weighted by molar-refractivity contribution is 8.07. The molecular formula is C32H28N2S. The molecule has 0 saturated carbocycles. The number of thioether (sulfide) groups is 1. The Balaban J connectivity index is 1.91. The average molecular weight is 473 g/mol. The van der Waals surface area contributed by atoms with Gasteiger partial charge in [0.1, 0.15) is 0 Å². The van der Waals surface area contributed by atoms with Crippen LogP contribution in [0.25, 0.3) is 16.2 Å². The van der Waals surface area contributed by atoms with E-state index in [0.717, 1.165) is 44.1 Å². The molecule has 0 saturated heterocycles. The van der Waals surface area contributed by atoms with E-state index in [0.29, 0.717) is 6.54 Å². The van der Waals surface area contributed by atoms with Crippen molar-refractivity contribution in [3.05, 3.63) is 156 Å². The summed E-state index contributed by atoms with van der Waals surface area (Å²) in [6, 6.07) is 33.3. The molecule has 4 rings (SSSR count). The molecule has 3 aromatic carbocycles. The van der Waals surface area contributed by atoms with Crippen molar-refractivity contribution in [2.75, 3.05) is 6.26 Å². The Bertz CT molecular complexity index is 1350. The van der Waals surface area contributed by atoms with Crippen molar-refractivity contribution in [1.82, 2.24) is 4.98 Å². The van der Waals surface area contributed by atoms with Crippen molar-refractivity contribution >= 4 is 22.4 Å². The van der Waals surface area contributed by atoms with Crippen LogP contribution in [0.1, 0.15) is 22.3 Å². The minimum Gasteiger partial charge on any atom is -0.279 e. The third-order valence-corrected chi connectivity index (χ3v) is 6.35. The van der Waals surface area contributed by atoms with Crippen molar-refractivity contribution in [2.45, 2.75) is 6.54 Å². The monoisotopic (exact) mass is 472 g/mol. The van der Waals surface area contributed by atoms with Crippen LogP contribution in [0, 0.1) is 0 Å². The van der Waals surface area contributed by atoms with Gasteiger partial charge in [-0.25, -0.2) is 0 Å². The summed E-state index contributed by atoms with van der Waals surface area (Å²) < 4.78 is 0. The van der Waals surface area contributed by atoms with E-state index in [1.807, 2.05) is 36.5 Å². The van der Waals surface area contributed by atoms with Gasteiger partial charge in [-0.05, 0) is 59.4 Å². The lowest BCUT2D eigenvalue weighted by molar-refractivity contribution is 1.07. The summed E-state index contributed by atoms with van der Waals surface area (Å²) in [6.45, 7) is 8.56. The minimum absolute atomic E-state index is 0.604. The number of benzene rings is 3. The molecule has 0 aliphatic carbocycles. The number of aromatic nitrogens is 1. The van der Waals surface area contributed by atoms with Crippen LogP contribution in [0.4, 0.5) is 0 Å². The first-order valence-corrected chi connectivity index (χ1v) is 12.7. The van der Waals surface area contributed by atoms with Crippen molar-refractivity contribution in [3.63, 3.8) is 0 Å². The van der Waals surface area contributed by atoms with Crippen LogP contribution in [0.2, 0.25) is 0 Å². The van der Waals surface area contributed by atoms with Gasteiger partial charge in [-0.2, -0.15) is 0 Å². The molecule has 2 nitrogen and oxygen atoms in total. The van der Waals surface area contributed by atoms with Crippen LogP contribution in [0.3, 0.4) is 0 Å². The fourth-order valence-electron chi connectivity index (χ4n) is 3.77. The second-order valence-corrected chi connectivity index (χ2v) is 8.87. The van der Waals surface area contributed by atoms with Crippen LogP contribution >= 0.6 is 11.8 Å². The standard InChI is InChI=1S/C32H28N2S/c1-4-24(2)19-31(35-3)28-20-27(30-17-11-12-18-33-30)21-29(22-28)32(26-15-9-6-10-16-26)34-23-25-13-7-5-8-14-25/h4-22H,1-2,23H2,3H3/b31-19-,34-32?. The van der Waals surface area contributed by atoms with E-state index >= 15 is 0 Å². The highest BCUT2D eigenvalue weighted by atomic mass is 32.2. The molecule has 172 valence electrons. The first-order chi connectivity index (χ1) is 17.2. The van der Waals surface area contributed by atoms with Gasteiger partial charge in [-0.1, -0.05) is 86.0 Å². The lowest BCUT2D eigenvalue weighted by Gasteiger charge is -2.14. The summed E-state index contributed by atoms with van der Waals surface area (Å²) in [5.74, 6) is 0. The molecule has 0 N–H and O–H groups in total. The van der Waals surface area contributed by atoms with E-state index in [1.54, 1.807) is 17.8 Å². The van der Waals surface area contributed by atoms with Gasteiger partial charge in [0.05, 0.1) is 18.0 Å². The average Bonchev–Trinajstić information content (AvgIpc) is 2.93. The Kier molecular flexibility index (Phi) is 8.26. The maximum atomic E-state index is 5.11. The van der Waals surface area contributed by atoms with Crippen molar-refractivity contribution in [3.8, 4) is 11.3 Å². The van der Waals surface area contributed by atoms with E-state index in [-0.39, 0.29) is 0 Å². The van der Waals surface area contributed by atoms with E-state index in [9.17, 15) is 0 Å². The van der Waals surface area contributed by atoms with Crippen LogP contribution in [-0.4, -0.2) is 17.0 Å². The predicted molar refractivity (Wildman–Crippen MR) is 153 cm³/mol. The fourth-order valence-corrected chi connectivity index (χ4v) is 4.40. The Morgan fingerprint density at radius 2 is 1.54 bits per heavy atom. The Morgan fingerprint density at radius 1 is 0.857 bits per heavy atom. The number of aliphatic imine (C=N–C) groups is 1. The van der Waals surface area contributed by atoms with Gasteiger partial charge in [0, 0.05) is 27.8 Å². The molecule has 0 aliphatic rings. The van der Waals surface area contributed by atoms with Gasteiger partial charge in [-0.15, -0.1) is 11.8 Å². The molecule has 35 heavy (non-hydrogen) atoms. The molecule has 0 aliphatic heterocycles. The van der Waals surface area contributed by atoms with Crippen molar-refractivity contribution < 1.29 is 0 Å². The lowest BCUT2D eigenvalue weighted by atomic mass is 9.95. The molecule has 1 heterocycles. The first kappa shape index (κ1) is 24.2. The highest BCUT2D eigenvalue weighted by Crippen LogP contribution is 2.32. The molecule has 1 aromatic heterocycles. The van der Waals surface area contributed by atoms with Crippen LogP contribution in [0.5, 0.6) is 0 Å². The van der Waals surface area contributed by atoms with E-state index in [2.05, 4.69) is 97.2 Å². The first-order valence-electron chi connectivity index (χ1n) is 11.5. The van der Waals surface area contributed by atoms with E-state index in [4.69, 9.17) is 4.99 Å². The number of hydrogen-bond acceptors (Lipinski definition) is 3. The smallest absolute Gasteiger partial charge is 0.0723 e. The Morgan fingerprint density at radius 3 is 2.20 bits per heavy atom. The SMILES string of the molecule is C=CC(=C)/C=C(\SC)c1cc(C(=NCc2ccccc2)c2ccccc2)cc(-c2ccccn2)c1. The van der Waals surface area contributed by atoms with Crippen molar-refractivity contribution in [2.24, 2.45) is 4.99 Å². The second-order valence-electron chi connectivity index (χ2n) is 8.02. The van der Waals surface area contributed by atoms with Crippen molar-refractivity contribution in [1.29, 1.82) is 0 Å². The van der Waals surface area contributed by atoms with Gasteiger partial charge in [0.25, 0.3) is 0 Å². The zero-order chi connectivity index (χ0) is 24.5. The third-order valence-electron chi connectivity index (χ3n) is 5.56. The lowest BCUT2D eigenvalue weighted by Crippen LogP contribution is -2.06. The highest BCUT2D eigenvalue weighted by Gasteiger charge is 2.13. The summed E-state index contributed by atoms with van der Waals surface area (Å²) in [4.78, 5) is 10.8. The number of pyridine rings is 1. The molecule has 0 bridgehead atoms. The van der Waals surface area contributed by atoms with Gasteiger partial charge < -0.3 is 0 Å². The van der Waals surface area contributed by atoms with Crippen LogP contribution in [-0.2, 0) is 6.54 Å². The van der Waals surface area contributed by atoms with Gasteiger partial charge in [-0.3, -0.25) is 9.98 Å². The number of rotatable bonds is 9. The maximum Gasteiger partial charge on any atom is 0.0723 e. The molecule has 0 atom stereocenters. The zero-order valence-corrected chi connectivity index (χ0v) is 20.7. The Hall–Kier alpha value is -3.95. The molecule has 0 fully saturated rings. The summed E-state index contributed by atoms with van der Waals surface area (Å²) in [5.41, 5.74) is 8.21. The topological polar surface area (TPSA) is 25.2 Å². The Labute approximate surface area is 212 Å². The molecule has 3 heteroatoms. The molecular weight excluding hydrogens is 444 g/mol. The normalized spacial score (nSPS) is 11.8. The summed E-state index contributed by atoms with van der Waals surface area (Å²) >= 11 is 1.69. The molecule has 4 aromatic rings. The fraction of sp³-hybridized carbons (Fsp3) is 0.0625. The van der Waals surface area contributed by atoms with Crippen LogP contribution < -0.4 is 0 Å². The second kappa shape index (κ2) is 12.0. The van der Waals surface area contributed by atoms with Gasteiger partial charge in [0.2, 0.25) is 0 Å². The minimum atomic E-state index is 0.604. The molecule has 0 amide bonds. The van der Waals surface area contributed by atoms with Gasteiger partial charge in [0.15, 0.2) is 0 Å². The molecule has 0 unspecified atom stereocenters. The van der Waals surface area contributed by atoms with Gasteiger partial charge >= 0.3 is 0 Å². The quantitative estimate of drug-likeness (QED) is 0.181. The maximum absolute atomic E-state index is 5.11. The molecule has 0 radical (unpaired) electrons. The van der Waals surface area contributed by atoms with Crippen LogP contribution in [0.15, 0.2) is 139 Å². The third kappa shape index (κ3) is 6.34. The largest absolute Gasteiger partial charge is 0.279 e. The van der Waals surface area contributed by atoms with E-state index < -0.39 is 0 Å². The predicted octanol–water partition coefficient (Wildman–Crippen LogP) is 8.23. The summed E-state index contributed by atoms with van der Waals surface area (Å²) in [7, 11) is 0.